The molecule has 2 heterocycles. The second kappa shape index (κ2) is 5.10. The molecular weight excluding hydrogens is 176 g/mol. The van der Waals surface area contributed by atoms with Crippen molar-refractivity contribution in [3.63, 3.8) is 0 Å². The van der Waals surface area contributed by atoms with E-state index in [0.29, 0.717) is 6.10 Å². The highest BCUT2D eigenvalue weighted by atomic mass is 16.5. The molecule has 0 radical (unpaired) electrons. The van der Waals surface area contributed by atoms with Gasteiger partial charge in [0.05, 0.1) is 6.10 Å². The highest BCUT2D eigenvalue weighted by molar-refractivity contribution is 4.75. The number of piperidine rings is 1. The molecule has 14 heavy (non-hydrogen) atoms. The van der Waals surface area contributed by atoms with Gasteiger partial charge in [-0.3, -0.25) is 0 Å². The van der Waals surface area contributed by atoms with Gasteiger partial charge in [0.25, 0.3) is 0 Å². The number of nitrogens with one attached hydrogen (secondary N) is 1. The molecule has 0 aromatic rings. The zero-order valence-electron chi connectivity index (χ0n) is 9.17. The van der Waals surface area contributed by atoms with Crippen molar-refractivity contribution in [2.75, 3.05) is 39.8 Å². The predicted octanol–water partition coefficient (Wildman–Crippen LogP) is 0.707. The fraction of sp³-hybridized carbons (Fsp3) is 1.00. The van der Waals surface area contributed by atoms with Gasteiger partial charge in [0.15, 0.2) is 0 Å². The highest BCUT2D eigenvalue weighted by Gasteiger charge is 2.19. The van der Waals surface area contributed by atoms with E-state index in [1.807, 2.05) is 0 Å². The Bertz CT molecular complexity index is 163. The second-order valence-electron chi connectivity index (χ2n) is 4.69. The topological polar surface area (TPSA) is 24.5 Å². The molecule has 0 aromatic carbocycles. The van der Waals surface area contributed by atoms with Crippen molar-refractivity contribution in [2.24, 2.45) is 5.92 Å². The molecule has 2 aliphatic rings. The lowest BCUT2D eigenvalue weighted by Gasteiger charge is -2.31. The van der Waals surface area contributed by atoms with E-state index >= 15 is 0 Å². The first kappa shape index (κ1) is 10.4. The third-order valence-corrected chi connectivity index (χ3v) is 3.46. The summed E-state index contributed by atoms with van der Waals surface area (Å²) in [6.45, 7) is 5.65. The Labute approximate surface area is 86.8 Å². The van der Waals surface area contributed by atoms with Crippen LogP contribution >= 0.6 is 0 Å². The predicted molar refractivity (Wildman–Crippen MR) is 57.4 cm³/mol. The summed E-state index contributed by atoms with van der Waals surface area (Å²) < 4.78 is 5.73. The fourth-order valence-electron chi connectivity index (χ4n) is 2.13. The van der Waals surface area contributed by atoms with Crippen LogP contribution in [0.5, 0.6) is 0 Å². The van der Waals surface area contributed by atoms with Gasteiger partial charge < -0.3 is 15.0 Å². The van der Waals surface area contributed by atoms with Gasteiger partial charge in [0.1, 0.15) is 0 Å². The van der Waals surface area contributed by atoms with Gasteiger partial charge in [-0.1, -0.05) is 0 Å². The molecule has 2 rings (SSSR count). The van der Waals surface area contributed by atoms with Gasteiger partial charge >= 0.3 is 0 Å². The van der Waals surface area contributed by atoms with Crippen LogP contribution in [0.2, 0.25) is 0 Å². The molecule has 0 spiro atoms. The number of likely N-dealkylation sites (tertiary alicyclic amines) is 1. The van der Waals surface area contributed by atoms with Crippen molar-refractivity contribution in [1.82, 2.24) is 10.2 Å². The quantitative estimate of drug-likeness (QED) is 0.720. The van der Waals surface area contributed by atoms with Gasteiger partial charge in [-0.2, -0.15) is 0 Å². The third-order valence-electron chi connectivity index (χ3n) is 3.46. The lowest BCUT2D eigenvalue weighted by molar-refractivity contribution is 0.00881. The minimum Gasteiger partial charge on any atom is -0.376 e. The number of nitrogens with zero attached hydrogens (tertiary/aromatic N) is 1. The first-order valence-corrected chi connectivity index (χ1v) is 5.85. The van der Waals surface area contributed by atoms with Crippen LogP contribution in [-0.4, -0.2) is 50.8 Å². The van der Waals surface area contributed by atoms with Gasteiger partial charge in [0, 0.05) is 19.7 Å². The lowest BCUT2D eigenvalue weighted by atomic mass is 9.94. The molecule has 0 aromatic heterocycles. The van der Waals surface area contributed by atoms with Gasteiger partial charge in [0.2, 0.25) is 0 Å². The van der Waals surface area contributed by atoms with Crippen molar-refractivity contribution in [1.29, 1.82) is 0 Å². The molecular formula is C11H22N2O. The van der Waals surface area contributed by atoms with E-state index in [9.17, 15) is 0 Å². The van der Waals surface area contributed by atoms with E-state index in [-0.39, 0.29) is 0 Å². The zero-order chi connectivity index (χ0) is 9.80. The summed E-state index contributed by atoms with van der Waals surface area (Å²) in [6.07, 6.45) is 4.51. The molecule has 0 bridgehead atoms. The summed E-state index contributed by atoms with van der Waals surface area (Å²) in [5.41, 5.74) is 0. The average molecular weight is 198 g/mol. The molecule has 82 valence electrons. The Balaban J connectivity index is 1.52. The van der Waals surface area contributed by atoms with Crippen LogP contribution in [-0.2, 0) is 4.74 Å². The van der Waals surface area contributed by atoms with Crippen molar-refractivity contribution >= 4 is 0 Å². The van der Waals surface area contributed by atoms with Gasteiger partial charge in [-0.25, -0.2) is 0 Å². The highest BCUT2D eigenvalue weighted by Crippen LogP contribution is 2.19. The van der Waals surface area contributed by atoms with Crippen LogP contribution in [0.15, 0.2) is 0 Å². The SMILES string of the molecule is CN1CCC(CCOC2CNC2)CC1. The smallest absolute Gasteiger partial charge is 0.0823 e. The molecule has 2 fully saturated rings. The van der Waals surface area contributed by atoms with E-state index in [1.54, 1.807) is 0 Å². The van der Waals surface area contributed by atoms with Crippen molar-refractivity contribution in [2.45, 2.75) is 25.4 Å². The molecule has 0 amide bonds. The number of ether oxygens (including phenoxy) is 1. The van der Waals surface area contributed by atoms with Crippen molar-refractivity contribution in [3.8, 4) is 0 Å². The summed E-state index contributed by atoms with van der Waals surface area (Å²) in [6, 6.07) is 0. The van der Waals surface area contributed by atoms with E-state index in [1.165, 1.54) is 32.4 Å². The summed E-state index contributed by atoms with van der Waals surface area (Å²) in [5.74, 6) is 0.916. The maximum Gasteiger partial charge on any atom is 0.0823 e. The molecule has 3 heteroatoms. The third kappa shape index (κ3) is 2.94. The van der Waals surface area contributed by atoms with E-state index in [4.69, 9.17) is 4.74 Å². The zero-order valence-corrected chi connectivity index (χ0v) is 9.17. The Morgan fingerprint density at radius 1 is 1.29 bits per heavy atom. The van der Waals surface area contributed by atoms with Gasteiger partial charge in [-0.05, 0) is 45.3 Å². The average Bonchev–Trinajstić information content (AvgIpc) is 2.12. The van der Waals surface area contributed by atoms with Crippen LogP contribution in [0.1, 0.15) is 19.3 Å². The molecule has 3 nitrogen and oxygen atoms in total. The largest absolute Gasteiger partial charge is 0.376 e. The minimum absolute atomic E-state index is 0.515. The molecule has 1 N–H and O–H groups in total. The summed E-state index contributed by atoms with van der Waals surface area (Å²) in [7, 11) is 2.22. The van der Waals surface area contributed by atoms with E-state index < -0.39 is 0 Å². The monoisotopic (exact) mass is 198 g/mol. The standard InChI is InChI=1S/C11H22N2O/c1-13-5-2-10(3-6-13)4-7-14-11-8-12-9-11/h10-12H,2-9H2,1H3. The van der Waals surface area contributed by atoms with Crippen LogP contribution in [0, 0.1) is 5.92 Å². The second-order valence-corrected chi connectivity index (χ2v) is 4.69. The molecule has 0 saturated carbocycles. The Kier molecular flexibility index (Phi) is 3.79. The molecule has 2 aliphatic heterocycles. The van der Waals surface area contributed by atoms with Crippen LogP contribution in [0.25, 0.3) is 0 Å². The van der Waals surface area contributed by atoms with Crippen molar-refractivity contribution in [3.05, 3.63) is 0 Å². The Morgan fingerprint density at radius 2 is 2.00 bits per heavy atom. The molecule has 2 saturated heterocycles. The Hall–Kier alpha value is -0.120. The van der Waals surface area contributed by atoms with E-state index in [2.05, 4.69) is 17.3 Å². The lowest BCUT2D eigenvalue weighted by Crippen LogP contribution is -2.48. The molecule has 0 aliphatic carbocycles. The Morgan fingerprint density at radius 3 is 2.57 bits per heavy atom. The minimum atomic E-state index is 0.515. The summed E-state index contributed by atoms with van der Waals surface area (Å²) >= 11 is 0. The first-order valence-electron chi connectivity index (χ1n) is 5.85. The molecule has 0 atom stereocenters. The number of hydrogen-bond donors (Lipinski definition) is 1. The number of hydrogen-bond acceptors (Lipinski definition) is 3. The maximum atomic E-state index is 5.73. The molecule has 0 unspecified atom stereocenters. The summed E-state index contributed by atoms with van der Waals surface area (Å²) in [4.78, 5) is 2.42. The maximum absolute atomic E-state index is 5.73. The van der Waals surface area contributed by atoms with Crippen LogP contribution < -0.4 is 5.32 Å². The van der Waals surface area contributed by atoms with Crippen molar-refractivity contribution < 1.29 is 4.74 Å². The summed E-state index contributed by atoms with van der Waals surface area (Å²) in [5, 5.41) is 3.22. The normalized spacial score (nSPS) is 26.4. The number of rotatable bonds is 4. The fourth-order valence-corrected chi connectivity index (χ4v) is 2.13. The van der Waals surface area contributed by atoms with E-state index in [0.717, 1.165) is 25.6 Å². The van der Waals surface area contributed by atoms with Crippen LogP contribution in [0.4, 0.5) is 0 Å². The van der Waals surface area contributed by atoms with Crippen LogP contribution in [0.3, 0.4) is 0 Å². The first-order chi connectivity index (χ1) is 6.84. The van der Waals surface area contributed by atoms with Gasteiger partial charge in [-0.15, -0.1) is 0 Å².